The molecule has 2 heteroatoms. The van der Waals surface area contributed by atoms with Crippen molar-refractivity contribution in [2.75, 3.05) is 6.54 Å². The third kappa shape index (κ3) is 1.79. The van der Waals surface area contributed by atoms with Crippen LogP contribution in [0.1, 0.15) is 19.8 Å². The molecule has 0 radical (unpaired) electrons. The maximum Gasteiger partial charge on any atom is 0.124 e. The van der Waals surface area contributed by atoms with Gasteiger partial charge in [0, 0.05) is 18.5 Å². The van der Waals surface area contributed by atoms with Gasteiger partial charge in [-0.15, -0.1) is 0 Å². The van der Waals surface area contributed by atoms with Crippen LogP contribution in [0.4, 0.5) is 0 Å². The molecule has 0 aromatic carbocycles. The van der Waals surface area contributed by atoms with E-state index in [1.165, 1.54) is 0 Å². The number of carbonyl (C=O) groups is 1. The Kier molecular flexibility index (Phi) is 2.22. The van der Waals surface area contributed by atoms with Gasteiger partial charge in [-0.05, 0) is 19.8 Å². The van der Waals surface area contributed by atoms with Crippen LogP contribution in [-0.2, 0) is 4.79 Å². The minimum absolute atomic E-state index is 0.279. The normalized spacial score (nSPS) is 36.1. The van der Waals surface area contributed by atoms with Crippen molar-refractivity contribution in [3.8, 4) is 0 Å². The molecule has 0 spiro atoms. The molecule has 0 bridgehead atoms. The van der Waals surface area contributed by atoms with Crippen LogP contribution >= 0.6 is 0 Å². The number of hydrogen-bond donors (Lipinski definition) is 1. The Morgan fingerprint density at radius 2 is 2.33 bits per heavy atom. The van der Waals surface area contributed by atoms with E-state index in [4.69, 9.17) is 0 Å². The second-order valence-electron chi connectivity index (χ2n) is 2.78. The second-order valence-corrected chi connectivity index (χ2v) is 2.78. The molecule has 0 aromatic rings. The van der Waals surface area contributed by atoms with Crippen LogP contribution in [0.15, 0.2) is 0 Å². The number of carbonyl (C=O) groups excluding carboxylic acids is 1. The van der Waals surface area contributed by atoms with Gasteiger partial charge in [0.25, 0.3) is 0 Å². The van der Waals surface area contributed by atoms with E-state index in [2.05, 4.69) is 12.2 Å². The molecule has 1 heterocycles. The van der Waals surface area contributed by atoms with E-state index in [9.17, 15) is 4.79 Å². The van der Waals surface area contributed by atoms with E-state index in [0.29, 0.717) is 6.04 Å². The molecule has 2 atom stereocenters. The van der Waals surface area contributed by atoms with Crippen LogP contribution in [0.5, 0.6) is 0 Å². The van der Waals surface area contributed by atoms with Gasteiger partial charge in [0.1, 0.15) is 6.29 Å². The average Bonchev–Trinajstić information content (AvgIpc) is 1.90. The highest BCUT2D eigenvalue weighted by atomic mass is 16.1. The fourth-order valence-corrected chi connectivity index (χ4v) is 1.14. The Bertz CT molecular complexity index is 95.1. The lowest BCUT2D eigenvalue weighted by Gasteiger charge is -2.23. The Morgan fingerprint density at radius 3 is 2.78 bits per heavy atom. The highest BCUT2D eigenvalue weighted by molar-refractivity contribution is 5.53. The molecular weight excluding hydrogens is 114 g/mol. The first-order chi connectivity index (χ1) is 4.33. The topological polar surface area (TPSA) is 29.1 Å². The lowest BCUT2D eigenvalue weighted by molar-refractivity contribution is -0.111. The molecule has 1 N–H and O–H groups in total. The molecule has 9 heavy (non-hydrogen) atoms. The monoisotopic (exact) mass is 127 g/mol. The van der Waals surface area contributed by atoms with Crippen molar-refractivity contribution in [2.24, 2.45) is 5.92 Å². The standard InChI is InChI=1S/C7H13NO/c1-6-2-3-7(5-9)4-8-6/h5-8H,2-4H2,1H3. The summed E-state index contributed by atoms with van der Waals surface area (Å²) in [6, 6.07) is 0.612. The van der Waals surface area contributed by atoms with Crippen LogP contribution in [0.3, 0.4) is 0 Å². The van der Waals surface area contributed by atoms with Gasteiger partial charge in [0.05, 0.1) is 0 Å². The molecule has 0 aromatic heterocycles. The Hall–Kier alpha value is -0.370. The van der Waals surface area contributed by atoms with Crippen LogP contribution in [-0.4, -0.2) is 18.9 Å². The first-order valence-electron chi connectivity index (χ1n) is 3.51. The van der Waals surface area contributed by atoms with E-state index in [1.807, 2.05) is 0 Å². The van der Waals surface area contributed by atoms with Gasteiger partial charge in [0.15, 0.2) is 0 Å². The molecular formula is C7H13NO. The summed E-state index contributed by atoms with van der Waals surface area (Å²) >= 11 is 0. The lowest BCUT2D eigenvalue weighted by Crippen LogP contribution is -2.37. The summed E-state index contributed by atoms with van der Waals surface area (Å²) in [5, 5.41) is 3.25. The summed E-state index contributed by atoms with van der Waals surface area (Å²) in [5.41, 5.74) is 0. The van der Waals surface area contributed by atoms with E-state index < -0.39 is 0 Å². The molecule has 1 saturated heterocycles. The fraction of sp³-hybridized carbons (Fsp3) is 0.857. The highest BCUT2D eigenvalue weighted by Gasteiger charge is 2.15. The Morgan fingerprint density at radius 1 is 1.56 bits per heavy atom. The maximum absolute atomic E-state index is 10.2. The molecule has 2 nitrogen and oxygen atoms in total. The number of nitrogens with one attached hydrogen (secondary N) is 1. The van der Waals surface area contributed by atoms with Crippen LogP contribution in [0.2, 0.25) is 0 Å². The predicted octanol–water partition coefficient (Wildman–Crippen LogP) is 0.573. The largest absolute Gasteiger partial charge is 0.314 e. The lowest BCUT2D eigenvalue weighted by atomic mass is 9.97. The summed E-state index contributed by atoms with van der Waals surface area (Å²) < 4.78 is 0. The quantitative estimate of drug-likeness (QED) is 0.522. The number of piperidine rings is 1. The van der Waals surface area contributed by atoms with Crippen LogP contribution in [0.25, 0.3) is 0 Å². The molecule has 0 aliphatic carbocycles. The van der Waals surface area contributed by atoms with Crippen molar-refractivity contribution in [3.63, 3.8) is 0 Å². The van der Waals surface area contributed by atoms with Gasteiger partial charge in [-0.25, -0.2) is 0 Å². The van der Waals surface area contributed by atoms with Gasteiger partial charge in [-0.1, -0.05) is 0 Å². The van der Waals surface area contributed by atoms with E-state index in [0.717, 1.165) is 25.7 Å². The van der Waals surface area contributed by atoms with Crippen molar-refractivity contribution < 1.29 is 4.79 Å². The van der Waals surface area contributed by atoms with Crippen LogP contribution in [0, 0.1) is 5.92 Å². The van der Waals surface area contributed by atoms with Gasteiger partial charge in [-0.2, -0.15) is 0 Å². The molecule has 1 fully saturated rings. The van der Waals surface area contributed by atoms with Crippen molar-refractivity contribution in [2.45, 2.75) is 25.8 Å². The fourth-order valence-electron chi connectivity index (χ4n) is 1.14. The van der Waals surface area contributed by atoms with Gasteiger partial charge in [-0.3, -0.25) is 0 Å². The highest BCUT2D eigenvalue weighted by Crippen LogP contribution is 2.10. The first-order valence-corrected chi connectivity index (χ1v) is 3.51. The number of aldehydes is 1. The maximum atomic E-state index is 10.2. The Balaban J connectivity index is 2.26. The number of hydrogen-bond acceptors (Lipinski definition) is 2. The average molecular weight is 127 g/mol. The molecule has 1 aliphatic heterocycles. The Labute approximate surface area is 55.6 Å². The van der Waals surface area contributed by atoms with Crippen molar-refractivity contribution in [3.05, 3.63) is 0 Å². The summed E-state index contributed by atoms with van der Waals surface area (Å²) in [6.07, 6.45) is 3.26. The molecule has 52 valence electrons. The molecule has 0 saturated carbocycles. The van der Waals surface area contributed by atoms with Gasteiger partial charge in [0.2, 0.25) is 0 Å². The van der Waals surface area contributed by atoms with Crippen molar-refractivity contribution in [1.29, 1.82) is 0 Å². The predicted molar refractivity (Wildman–Crippen MR) is 36.3 cm³/mol. The van der Waals surface area contributed by atoms with E-state index >= 15 is 0 Å². The zero-order chi connectivity index (χ0) is 6.69. The summed E-state index contributed by atoms with van der Waals surface area (Å²) in [5.74, 6) is 0.279. The zero-order valence-corrected chi connectivity index (χ0v) is 5.76. The summed E-state index contributed by atoms with van der Waals surface area (Å²) in [4.78, 5) is 10.2. The van der Waals surface area contributed by atoms with Crippen molar-refractivity contribution >= 4 is 6.29 Å². The first kappa shape index (κ1) is 6.75. The molecule has 1 rings (SSSR count). The zero-order valence-electron chi connectivity index (χ0n) is 5.76. The van der Waals surface area contributed by atoms with E-state index in [1.54, 1.807) is 0 Å². The van der Waals surface area contributed by atoms with Gasteiger partial charge >= 0.3 is 0 Å². The van der Waals surface area contributed by atoms with Gasteiger partial charge < -0.3 is 10.1 Å². The SMILES string of the molecule is CC1CCC(C=O)CN1. The van der Waals surface area contributed by atoms with Crippen molar-refractivity contribution in [1.82, 2.24) is 5.32 Å². The third-order valence-electron chi connectivity index (χ3n) is 1.89. The second kappa shape index (κ2) is 2.97. The minimum atomic E-state index is 0.279. The summed E-state index contributed by atoms with van der Waals surface area (Å²) in [7, 11) is 0. The minimum Gasteiger partial charge on any atom is -0.314 e. The molecule has 1 aliphatic rings. The number of rotatable bonds is 1. The van der Waals surface area contributed by atoms with Crippen LogP contribution < -0.4 is 5.32 Å². The smallest absolute Gasteiger partial charge is 0.124 e. The third-order valence-corrected chi connectivity index (χ3v) is 1.89. The molecule has 0 amide bonds. The molecule has 2 unspecified atom stereocenters. The van der Waals surface area contributed by atoms with E-state index in [-0.39, 0.29) is 5.92 Å². The summed E-state index contributed by atoms with van der Waals surface area (Å²) in [6.45, 7) is 3.03.